The Morgan fingerprint density at radius 1 is 1.00 bits per heavy atom. The monoisotopic (exact) mass is 513 g/mol. The van der Waals surface area contributed by atoms with E-state index >= 15 is 0 Å². The Balaban J connectivity index is 1.50. The van der Waals surface area contributed by atoms with Gasteiger partial charge in [0.05, 0.1) is 27.7 Å². The van der Waals surface area contributed by atoms with Gasteiger partial charge in [0.25, 0.3) is 15.6 Å². The predicted octanol–water partition coefficient (Wildman–Crippen LogP) is 2.95. The molecule has 3 heterocycles. The first-order valence-corrected chi connectivity index (χ1v) is 12.6. The van der Waals surface area contributed by atoms with Crippen LogP contribution in [0.15, 0.2) is 67.1 Å². The van der Waals surface area contributed by atoms with E-state index in [0.717, 1.165) is 21.3 Å². The maximum atomic E-state index is 13.3. The van der Waals surface area contributed by atoms with Crippen molar-refractivity contribution in [2.45, 2.75) is 18.7 Å². The van der Waals surface area contributed by atoms with Crippen LogP contribution in [-0.2, 0) is 14.8 Å². The fraction of sp³-hybridized carbons (Fsp3) is 0.136. The molecule has 35 heavy (non-hydrogen) atoms. The zero-order valence-corrected chi connectivity index (χ0v) is 19.9. The number of halogens is 1. The highest BCUT2D eigenvalue weighted by Crippen LogP contribution is 2.29. The zero-order chi connectivity index (χ0) is 24.9. The van der Waals surface area contributed by atoms with Crippen molar-refractivity contribution in [2.75, 3.05) is 10.7 Å². The topological polar surface area (TPSA) is 128 Å². The van der Waals surface area contributed by atoms with Gasteiger partial charge in [-0.05, 0) is 62.4 Å². The van der Waals surface area contributed by atoms with Gasteiger partial charge in [-0.3, -0.25) is 14.5 Å². The van der Waals surface area contributed by atoms with Crippen LogP contribution in [0.4, 0.5) is 10.1 Å². The Morgan fingerprint density at radius 2 is 1.66 bits per heavy atom. The smallest absolute Gasteiger partial charge is 0.284 e. The number of amidine groups is 1. The molecular weight excluding hydrogens is 497 g/mol. The van der Waals surface area contributed by atoms with Gasteiger partial charge in [-0.2, -0.15) is 18.2 Å². The molecule has 2 aromatic carbocycles. The summed E-state index contributed by atoms with van der Waals surface area (Å²) < 4.78 is 49.4. The molecule has 0 bridgehead atoms. The van der Waals surface area contributed by atoms with Gasteiger partial charge in [0, 0.05) is 0 Å². The third-order valence-electron chi connectivity index (χ3n) is 5.28. The van der Waals surface area contributed by atoms with Crippen LogP contribution in [0.5, 0.6) is 0 Å². The molecule has 1 aliphatic heterocycles. The lowest BCUT2D eigenvalue weighted by atomic mass is 10.2. The van der Waals surface area contributed by atoms with Crippen LogP contribution in [0, 0.1) is 19.7 Å². The Labute approximate surface area is 202 Å². The third kappa shape index (κ3) is 4.02. The molecule has 2 aromatic heterocycles. The van der Waals surface area contributed by atoms with E-state index < -0.39 is 21.4 Å². The van der Waals surface area contributed by atoms with E-state index in [1.54, 1.807) is 13.8 Å². The van der Waals surface area contributed by atoms with Crippen molar-refractivity contribution >= 4 is 49.5 Å². The van der Waals surface area contributed by atoms with E-state index in [1.807, 2.05) is 0 Å². The quantitative estimate of drug-likeness (QED) is 0.408. The highest BCUT2D eigenvalue weighted by atomic mass is 32.2. The average molecular weight is 514 g/mol. The first-order valence-electron chi connectivity index (χ1n) is 10.2. The van der Waals surface area contributed by atoms with Crippen molar-refractivity contribution in [3.05, 3.63) is 76.1 Å². The minimum atomic E-state index is -4.20. The summed E-state index contributed by atoms with van der Waals surface area (Å²) in [6, 6.07) is 10.5. The number of benzene rings is 2. The van der Waals surface area contributed by atoms with Crippen molar-refractivity contribution in [2.24, 2.45) is 4.40 Å². The van der Waals surface area contributed by atoms with Crippen LogP contribution >= 0.6 is 11.8 Å². The van der Waals surface area contributed by atoms with Crippen molar-refractivity contribution < 1.29 is 22.1 Å². The van der Waals surface area contributed by atoms with E-state index in [9.17, 15) is 22.4 Å². The van der Waals surface area contributed by atoms with Gasteiger partial charge >= 0.3 is 0 Å². The molecule has 178 valence electrons. The summed E-state index contributed by atoms with van der Waals surface area (Å²) >= 11 is 0.969. The second kappa shape index (κ2) is 8.43. The average Bonchev–Trinajstić information content (AvgIpc) is 3.39. The molecule has 1 amide bonds. The van der Waals surface area contributed by atoms with E-state index in [-0.39, 0.29) is 21.7 Å². The number of anilines is 1. The summed E-state index contributed by atoms with van der Waals surface area (Å²) in [5.41, 5.74) is 1.38. The summed E-state index contributed by atoms with van der Waals surface area (Å²) in [6.45, 7) is 3.32. The number of fused-ring (bicyclic) bond motifs is 1. The Kier molecular flexibility index (Phi) is 5.52. The van der Waals surface area contributed by atoms with Crippen LogP contribution in [0.25, 0.3) is 16.7 Å². The lowest BCUT2D eigenvalue weighted by Crippen LogP contribution is -2.29. The largest absolute Gasteiger partial charge is 0.354 e. The number of amides is 1. The zero-order valence-electron chi connectivity index (χ0n) is 18.3. The van der Waals surface area contributed by atoms with Gasteiger partial charge < -0.3 is 4.52 Å². The molecule has 5 rings (SSSR count). The van der Waals surface area contributed by atoms with Crippen LogP contribution in [0.2, 0.25) is 0 Å². The fourth-order valence-corrected chi connectivity index (χ4v) is 5.67. The molecule has 0 unspecified atom stereocenters. The first-order chi connectivity index (χ1) is 16.7. The Morgan fingerprint density at radius 3 is 2.34 bits per heavy atom. The number of carbonyl (C=O) groups excluding carboxylic acids is 1. The molecule has 10 nitrogen and oxygen atoms in total. The number of rotatable bonds is 4. The maximum Gasteiger partial charge on any atom is 0.284 e. The van der Waals surface area contributed by atoms with E-state index in [0.29, 0.717) is 33.7 Å². The number of sulfonamides is 1. The van der Waals surface area contributed by atoms with E-state index in [4.69, 9.17) is 4.52 Å². The third-order valence-corrected chi connectivity index (χ3v) is 7.60. The lowest BCUT2D eigenvalue weighted by Gasteiger charge is -2.15. The molecule has 0 spiro atoms. The van der Waals surface area contributed by atoms with Crippen molar-refractivity contribution in [1.82, 2.24) is 14.9 Å². The van der Waals surface area contributed by atoms with Crippen molar-refractivity contribution in [3.63, 3.8) is 0 Å². The number of carbonyl (C=O) groups is 1. The van der Waals surface area contributed by atoms with Gasteiger partial charge in [-0.25, -0.2) is 4.39 Å². The Hall–Kier alpha value is -3.84. The SMILES string of the molecule is Cc1nn(-c2ccc(S(=O)(=O)/N=C3\SCC(=O)N3c3ccc(F)cc3)cc2)c(=O)c2c(C)noc12. The molecule has 1 saturated heterocycles. The van der Waals surface area contributed by atoms with Crippen molar-refractivity contribution in [3.8, 4) is 5.69 Å². The molecule has 0 saturated carbocycles. The maximum absolute atomic E-state index is 13.3. The molecule has 0 radical (unpaired) electrons. The lowest BCUT2D eigenvalue weighted by molar-refractivity contribution is -0.115. The summed E-state index contributed by atoms with van der Waals surface area (Å²) in [7, 11) is -4.20. The second-order valence-electron chi connectivity index (χ2n) is 7.61. The molecule has 1 aliphatic rings. The highest BCUT2D eigenvalue weighted by Gasteiger charge is 2.32. The standard InChI is InChI=1S/C22H16FN5O5S2/c1-12-19-20(33-25-12)13(2)24-28(21(19)30)16-7-9-17(10-8-16)35(31,32)26-22-27(18(29)11-34-22)15-5-3-14(23)4-6-15/h3-10H,11H2,1-2H3/b26-22-. The van der Waals surface area contributed by atoms with Gasteiger partial charge in [-0.1, -0.05) is 16.9 Å². The van der Waals surface area contributed by atoms with Gasteiger partial charge in [0.15, 0.2) is 10.8 Å². The Bertz CT molecular complexity index is 1680. The predicted molar refractivity (Wildman–Crippen MR) is 128 cm³/mol. The number of thioether (sulfide) groups is 1. The first kappa shape index (κ1) is 22.9. The molecule has 0 atom stereocenters. The summed E-state index contributed by atoms with van der Waals surface area (Å²) in [5, 5.41) is 8.31. The van der Waals surface area contributed by atoms with E-state index in [1.165, 1.54) is 48.5 Å². The van der Waals surface area contributed by atoms with E-state index in [2.05, 4.69) is 14.7 Å². The molecule has 4 aromatic rings. The molecule has 0 N–H and O–H groups in total. The normalized spacial score (nSPS) is 15.5. The highest BCUT2D eigenvalue weighted by molar-refractivity contribution is 8.16. The number of hydrogen-bond acceptors (Lipinski definition) is 8. The summed E-state index contributed by atoms with van der Waals surface area (Å²) in [5.74, 6) is -0.851. The minimum Gasteiger partial charge on any atom is -0.354 e. The molecule has 0 aliphatic carbocycles. The number of nitrogens with zero attached hydrogens (tertiary/aromatic N) is 5. The van der Waals surface area contributed by atoms with Crippen LogP contribution in [-0.4, -0.2) is 40.2 Å². The summed E-state index contributed by atoms with van der Waals surface area (Å²) in [4.78, 5) is 26.2. The van der Waals surface area contributed by atoms with Gasteiger partial charge in [-0.15, -0.1) is 4.40 Å². The van der Waals surface area contributed by atoms with Gasteiger partial charge in [0.1, 0.15) is 16.9 Å². The second-order valence-corrected chi connectivity index (χ2v) is 10.2. The molecule has 13 heteroatoms. The summed E-state index contributed by atoms with van der Waals surface area (Å²) in [6.07, 6.45) is 0. The fourth-order valence-electron chi connectivity index (χ4n) is 3.58. The molecular formula is C22H16FN5O5S2. The minimum absolute atomic E-state index is 0.00334. The number of aromatic nitrogens is 3. The number of hydrogen-bond donors (Lipinski definition) is 0. The molecule has 1 fully saturated rings. The van der Waals surface area contributed by atoms with Crippen LogP contribution < -0.4 is 10.5 Å². The number of aryl methyl sites for hydroxylation is 2. The van der Waals surface area contributed by atoms with Crippen LogP contribution in [0.3, 0.4) is 0 Å². The van der Waals surface area contributed by atoms with Gasteiger partial charge in [0.2, 0.25) is 5.91 Å². The van der Waals surface area contributed by atoms with Crippen LogP contribution in [0.1, 0.15) is 11.4 Å². The van der Waals surface area contributed by atoms with Crippen molar-refractivity contribution in [1.29, 1.82) is 0 Å².